The lowest BCUT2D eigenvalue weighted by molar-refractivity contribution is -0.137. The molecule has 11 heteroatoms. The SMILES string of the molecule is CCc1nc(C)c(C(=O)N2C[C@@H]3NC(=O)CN(C4CC4)C(=O)CCc4ccc(c(OC)c4)Oc4cccc(c4)CO[C@H]3C2)o1. The molecule has 2 atom stereocenters. The number of oxazole rings is 1. The predicted octanol–water partition coefficient (Wildman–Crippen LogP) is 3.81. The van der Waals surface area contributed by atoms with Gasteiger partial charge in [0.2, 0.25) is 17.6 Å². The van der Waals surface area contributed by atoms with Gasteiger partial charge in [0, 0.05) is 32.0 Å². The maximum atomic E-state index is 13.5. The first-order chi connectivity index (χ1) is 21.3. The van der Waals surface area contributed by atoms with Crippen molar-refractivity contribution < 1.29 is 33.0 Å². The van der Waals surface area contributed by atoms with E-state index in [1.165, 1.54) is 0 Å². The summed E-state index contributed by atoms with van der Waals surface area (Å²) in [7, 11) is 1.59. The molecule has 1 saturated carbocycles. The number of carbonyl (C=O) groups excluding carboxylic acids is 3. The normalized spacial score (nSPS) is 21.2. The first-order valence-electron chi connectivity index (χ1n) is 15.2. The molecule has 1 saturated heterocycles. The molecule has 4 heterocycles. The first kappa shape index (κ1) is 29.7. The van der Waals surface area contributed by atoms with Crippen LogP contribution in [-0.2, 0) is 33.8 Å². The van der Waals surface area contributed by atoms with Crippen molar-refractivity contribution in [2.24, 2.45) is 0 Å². The Kier molecular flexibility index (Phi) is 8.56. The van der Waals surface area contributed by atoms with E-state index in [0.717, 1.165) is 24.0 Å². The summed E-state index contributed by atoms with van der Waals surface area (Å²) >= 11 is 0. The van der Waals surface area contributed by atoms with Gasteiger partial charge in [-0.05, 0) is 61.6 Å². The van der Waals surface area contributed by atoms with Gasteiger partial charge in [-0.1, -0.05) is 25.1 Å². The van der Waals surface area contributed by atoms with Gasteiger partial charge in [-0.3, -0.25) is 14.4 Å². The minimum Gasteiger partial charge on any atom is -0.493 e. The fourth-order valence-corrected chi connectivity index (χ4v) is 5.78. The van der Waals surface area contributed by atoms with Gasteiger partial charge in [-0.15, -0.1) is 0 Å². The number of fused-ring (bicyclic) bond motifs is 9. The summed E-state index contributed by atoms with van der Waals surface area (Å²) in [4.78, 5) is 47.9. The fraction of sp³-hybridized carbons (Fsp3) is 0.455. The zero-order valence-electron chi connectivity index (χ0n) is 25.3. The van der Waals surface area contributed by atoms with Crippen molar-refractivity contribution in [2.75, 3.05) is 26.7 Å². The largest absolute Gasteiger partial charge is 0.493 e. The van der Waals surface area contributed by atoms with Crippen molar-refractivity contribution in [1.29, 1.82) is 0 Å². The van der Waals surface area contributed by atoms with Crippen LogP contribution in [-0.4, -0.2) is 77.4 Å². The van der Waals surface area contributed by atoms with E-state index in [1.54, 1.807) is 23.8 Å². The second-order valence-electron chi connectivity index (χ2n) is 11.6. The molecule has 0 spiro atoms. The molecule has 11 nitrogen and oxygen atoms in total. The van der Waals surface area contributed by atoms with Gasteiger partial charge in [0.15, 0.2) is 17.4 Å². The smallest absolute Gasteiger partial charge is 0.291 e. The molecule has 3 amide bonds. The highest BCUT2D eigenvalue weighted by Crippen LogP contribution is 2.34. The summed E-state index contributed by atoms with van der Waals surface area (Å²) < 4.78 is 23.9. The van der Waals surface area contributed by atoms with E-state index >= 15 is 0 Å². The lowest BCUT2D eigenvalue weighted by Crippen LogP contribution is -2.49. The van der Waals surface area contributed by atoms with Crippen LogP contribution in [0.2, 0.25) is 0 Å². The standard InChI is InChI=1S/C33H38N4O7/c1-4-30-34-20(2)32(44-30)33(40)36-16-25-28(17-36)42-19-22-6-5-7-24(14-22)43-26-12-8-21(15-27(26)41-3)9-13-31(39)37(23-10-11-23)18-29(38)35-25/h5-8,12,14-15,23,25,28H,4,9-11,13,16-19H2,1-3H3,(H,35,38)/t25-,28-/m0/s1. The molecule has 0 radical (unpaired) electrons. The molecule has 3 aromatic rings. The zero-order chi connectivity index (χ0) is 30.8. The van der Waals surface area contributed by atoms with E-state index in [-0.39, 0.29) is 62.2 Å². The third kappa shape index (κ3) is 6.57. The maximum Gasteiger partial charge on any atom is 0.291 e. The number of likely N-dealkylation sites (tertiary alicyclic amines) is 1. The van der Waals surface area contributed by atoms with Crippen molar-refractivity contribution in [3.05, 3.63) is 70.9 Å². The molecule has 1 aliphatic carbocycles. The summed E-state index contributed by atoms with van der Waals surface area (Å²) in [5, 5.41) is 3.07. The molecule has 44 heavy (non-hydrogen) atoms. The number of nitrogens with zero attached hydrogens (tertiary/aromatic N) is 3. The number of amides is 3. The topological polar surface area (TPSA) is 123 Å². The van der Waals surface area contributed by atoms with Crippen LogP contribution in [0.25, 0.3) is 0 Å². The Labute approximate surface area is 256 Å². The monoisotopic (exact) mass is 602 g/mol. The van der Waals surface area contributed by atoms with Crippen LogP contribution in [0.4, 0.5) is 0 Å². The highest BCUT2D eigenvalue weighted by molar-refractivity contribution is 5.93. The van der Waals surface area contributed by atoms with Crippen LogP contribution in [0.1, 0.15) is 59.5 Å². The zero-order valence-corrected chi connectivity index (χ0v) is 25.3. The van der Waals surface area contributed by atoms with Crippen LogP contribution < -0.4 is 14.8 Å². The van der Waals surface area contributed by atoms with Crippen LogP contribution in [0.5, 0.6) is 17.2 Å². The molecule has 0 unspecified atom stereocenters. The number of aromatic nitrogens is 1. The molecule has 1 aromatic heterocycles. The number of benzene rings is 2. The Hall–Kier alpha value is -4.38. The number of ether oxygens (including phenoxy) is 3. The van der Waals surface area contributed by atoms with Gasteiger partial charge >= 0.3 is 0 Å². The van der Waals surface area contributed by atoms with Gasteiger partial charge < -0.3 is 33.7 Å². The lowest BCUT2D eigenvalue weighted by atomic mass is 10.1. The Morgan fingerprint density at radius 3 is 2.68 bits per heavy atom. The molecule has 232 valence electrons. The molecular weight excluding hydrogens is 564 g/mol. The second-order valence-corrected chi connectivity index (χ2v) is 11.6. The van der Waals surface area contributed by atoms with Crippen molar-refractivity contribution in [1.82, 2.24) is 20.1 Å². The lowest BCUT2D eigenvalue weighted by Gasteiger charge is -2.25. The minimum absolute atomic E-state index is 0.0418. The van der Waals surface area contributed by atoms with Crippen molar-refractivity contribution in [3.8, 4) is 17.2 Å². The molecule has 7 rings (SSSR count). The van der Waals surface area contributed by atoms with Crippen molar-refractivity contribution in [2.45, 2.75) is 70.7 Å². The van der Waals surface area contributed by atoms with E-state index in [1.807, 2.05) is 49.4 Å². The quantitative estimate of drug-likeness (QED) is 0.478. The number of hydrogen-bond donors (Lipinski definition) is 1. The highest BCUT2D eigenvalue weighted by atomic mass is 16.5. The van der Waals surface area contributed by atoms with Gasteiger partial charge in [-0.25, -0.2) is 4.98 Å². The Morgan fingerprint density at radius 1 is 1.09 bits per heavy atom. The van der Waals surface area contributed by atoms with Crippen molar-refractivity contribution >= 4 is 17.7 Å². The van der Waals surface area contributed by atoms with Gasteiger partial charge in [0.25, 0.3) is 5.91 Å². The number of hydrogen-bond acceptors (Lipinski definition) is 8. The molecule has 1 N–H and O–H groups in total. The maximum absolute atomic E-state index is 13.5. The summed E-state index contributed by atoms with van der Waals surface area (Å²) in [5.74, 6) is 1.81. The molecule has 3 aliphatic heterocycles. The minimum atomic E-state index is -0.485. The van der Waals surface area contributed by atoms with Gasteiger partial charge in [-0.2, -0.15) is 0 Å². The third-order valence-electron chi connectivity index (χ3n) is 8.31. The molecule has 2 fully saturated rings. The van der Waals surface area contributed by atoms with Crippen molar-refractivity contribution in [3.63, 3.8) is 0 Å². The molecule has 4 aliphatic rings. The first-order valence-corrected chi connectivity index (χ1v) is 15.2. The molecular formula is C33H38N4O7. The van der Waals surface area contributed by atoms with Crippen LogP contribution >= 0.6 is 0 Å². The van der Waals surface area contributed by atoms with Crippen LogP contribution in [0.15, 0.2) is 46.9 Å². The highest BCUT2D eigenvalue weighted by Gasteiger charge is 2.40. The number of rotatable bonds is 4. The Bertz CT molecular complexity index is 1550. The van der Waals surface area contributed by atoms with Gasteiger partial charge in [0.05, 0.1) is 38.1 Å². The number of carbonyl (C=O) groups is 3. The Balaban J connectivity index is 1.27. The third-order valence-corrected chi connectivity index (χ3v) is 8.31. The van der Waals surface area contributed by atoms with E-state index in [2.05, 4.69) is 10.3 Å². The Morgan fingerprint density at radius 2 is 1.93 bits per heavy atom. The van der Waals surface area contributed by atoms with E-state index in [9.17, 15) is 14.4 Å². The summed E-state index contributed by atoms with van der Waals surface area (Å²) in [6, 6.07) is 12.8. The summed E-state index contributed by atoms with van der Waals surface area (Å²) in [6.07, 6.45) is 2.63. The van der Waals surface area contributed by atoms with Crippen LogP contribution in [0.3, 0.4) is 0 Å². The second kappa shape index (κ2) is 12.7. The van der Waals surface area contributed by atoms with Crippen LogP contribution in [0, 0.1) is 6.92 Å². The summed E-state index contributed by atoms with van der Waals surface area (Å²) in [6.45, 7) is 4.36. The number of nitrogens with one attached hydrogen (secondary N) is 1. The van der Waals surface area contributed by atoms with E-state index < -0.39 is 12.1 Å². The number of methoxy groups -OCH3 is 1. The summed E-state index contributed by atoms with van der Waals surface area (Å²) in [5.41, 5.74) is 2.34. The fourth-order valence-electron chi connectivity index (χ4n) is 5.78. The molecule has 2 aromatic carbocycles. The number of aryl methyl sites for hydroxylation is 3. The molecule has 4 bridgehead atoms. The van der Waals surface area contributed by atoms with E-state index in [0.29, 0.717) is 41.7 Å². The average Bonchev–Trinajstić information content (AvgIpc) is 3.68. The average molecular weight is 603 g/mol. The van der Waals surface area contributed by atoms with Gasteiger partial charge in [0.1, 0.15) is 5.75 Å². The van der Waals surface area contributed by atoms with E-state index in [4.69, 9.17) is 18.6 Å². The predicted molar refractivity (Wildman–Crippen MR) is 160 cm³/mol.